The highest BCUT2D eigenvalue weighted by molar-refractivity contribution is 7.52. The van der Waals surface area contributed by atoms with Gasteiger partial charge in [-0.05, 0) is 30.5 Å². The van der Waals surface area contributed by atoms with Crippen LogP contribution in [0.4, 0.5) is 0 Å². The SMILES string of the molecule is Cc1cccc(C)c1C(=O)OP(=O)(O)Cc1ccccc1. The van der Waals surface area contributed by atoms with Crippen molar-refractivity contribution in [2.24, 2.45) is 0 Å². The van der Waals surface area contributed by atoms with Gasteiger partial charge in [0, 0.05) is 0 Å². The molecule has 2 aromatic rings. The standard InChI is InChI=1S/C16H17O4P/c1-12-7-6-8-13(2)15(12)16(17)20-21(18,19)11-14-9-4-3-5-10-14/h3-10H,11H2,1-2H3,(H,18,19). The van der Waals surface area contributed by atoms with Crippen LogP contribution in [0.1, 0.15) is 27.0 Å². The molecule has 2 rings (SSSR count). The first-order valence-electron chi connectivity index (χ1n) is 6.55. The lowest BCUT2D eigenvalue weighted by molar-refractivity contribution is 0.0715. The monoisotopic (exact) mass is 304 g/mol. The number of aryl methyl sites for hydroxylation is 2. The summed E-state index contributed by atoms with van der Waals surface area (Å²) in [5.74, 6) is -0.757. The van der Waals surface area contributed by atoms with Gasteiger partial charge in [0.2, 0.25) is 0 Å². The third-order valence-corrected chi connectivity index (χ3v) is 4.35. The van der Waals surface area contributed by atoms with Crippen LogP contribution in [0.5, 0.6) is 0 Å². The van der Waals surface area contributed by atoms with E-state index in [0.29, 0.717) is 11.1 Å². The summed E-state index contributed by atoms with van der Waals surface area (Å²) in [5.41, 5.74) is 2.44. The molecule has 21 heavy (non-hydrogen) atoms. The Hall–Kier alpha value is -1.90. The smallest absolute Gasteiger partial charge is 0.383 e. The van der Waals surface area contributed by atoms with Gasteiger partial charge in [-0.1, -0.05) is 48.5 Å². The molecule has 0 radical (unpaired) electrons. The quantitative estimate of drug-likeness (QED) is 0.872. The summed E-state index contributed by atoms with van der Waals surface area (Å²) in [4.78, 5) is 22.0. The maximum Gasteiger partial charge on any atom is 0.383 e. The molecule has 0 heterocycles. The first kappa shape index (κ1) is 15.5. The van der Waals surface area contributed by atoms with Gasteiger partial charge in [0.15, 0.2) is 0 Å². The lowest BCUT2D eigenvalue weighted by atomic mass is 10.0. The van der Waals surface area contributed by atoms with Gasteiger partial charge >= 0.3 is 13.6 Å². The highest BCUT2D eigenvalue weighted by Gasteiger charge is 2.27. The molecule has 0 aromatic heterocycles. The van der Waals surface area contributed by atoms with Crippen LogP contribution in [0.2, 0.25) is 0 Å². The van der Waals surface area contributed by atoms with Gasteiger partial charge < -0.3 is 9.42 Å². The van der Waals surface area contributed by atoms with Gasteiger partial charge in [-0.3, -0.25) is 0 Å². The average Bonchev–Trinajstić information content (AvgIpc) is 2.38. The van der Waals surface area contributed by atoms with E-state index in [2.05, 4.69) is 0 Å². The van der Waals surface area contributed by atoms with E-state index < -0.39 is 13.6 Å². The van der Waals surface area contributed by atoms with Crippen molar-refractivity contribution in [1.29, 1.82) is 0 Å². The second kappa shape index (κ2) is 6.25. The molecule has 0 saturated carbocycles. The summed E-state index contributed by atoms with van der Waals surface area (Å²) in [6, 6.07) is 14.1. The zero-order chi connectivity index (χ0) is 15.5. The molecule has 1 N–H and O–H groups in total. The highest BCUT2D eigenvalue weighted by atomic mass is 31.2. The van der Waals surface area contributed by atoms with Crippen molar-refractivity contribution in [2.45, 2.75) is 20.0 Å². The number of carbonyl (C=O) groups is 1. The van der Waals surface area contributed by atoms with Gasteiger partial charge in [-0.15, -0.1) is 0 Å². The highest BCUT2D eigenvalue weighted by Crippen LogP contribution is 2.46. The Labute approximate surface area is 123 Å². The van der Waals surface area contributed by atoms with Crippen LogP contribution in [-0.4, -0.2) is 10.9 Å². The van der Waals surface area contributed by atoms with Crippen molar-refractivity contribution in [3.05, 3.63) is 70.8 Å². The fraction of sp³-hybridized carbons (Fsp3) is 0.188. The van der Waals surface area contributed by atoms with Gasteiger partial charge in [0.1, 0.15) is 0 Å². The first-order chi connectivity index (χ1) is 9.89. The van der Waals surface area contributed by atoms with Crippen LogP contribution >= 0.6 is 7.60 Å². The van der Waals surface area contributed by atoms with E-state index in [1.54, 1.807) is 50.2 Å². The predicted octanol–water partition coefficient (Wildman–Crippen LogP) is 3.85. The molecule has 1 atom stereocenters. The Kier molecular flexibility index (Phi) is 4.61. The summed E-state index contributed by atoms with van der Waals surface area (Å²) >= 11 is 0. The topological polar surface area (TPSA) is 63.6 Å². The van der Waals surface area contributed by atoms with Crippen LogP contribution in [0.3, 0.4) is 0 Å². The van der Waals surface area contributed by atoms with Crippen LogP contribution in [0.15, 0.2) is 48.5 Å². The van der Waals surface area contributed by atoms with Crippen LogP contribution in [0, 0.1) is 13.8 Å². The number of hydrogen-bond donors (Lipinski definition) is 1. The maximum atomic E-state index is 12.1. The summed E-state index contributed by atoms with van der Waals surface area (Å²) in [7, 11) is -4.03. The first-order valence-corrected chi connectivity index (χ1v) is 8.31. The van der Waals surface area contributed by atoms with Gasteiger partial charge in [-0.2, -0.15) is 0 Å². The summed E-state index contributed by atoms with van der Waals surface area (Å²) in [6.45, 7) is 3.53. The fourth-order valence-electron chi connectivity index (χ4n) is 2.16. The molecule has 1 unspecified atom stereocenters. The van der Waals surface area contributed by atoms with Crippen molar-refractivity contribution >= 4 is 13.6 Å². The Morgan fingerprint density at radius 1 is 1.05 bits per heavy atom. The second-order valence-electron chi connectivity index (χ2n) is 4.93. The van der Waals surface area contributed by atoms with Crippen molar-refractivity contribution in [3.63, 3.8) is 0 Å². The molecule has 0 aliphatic heterocycles. The molecule has 0 saturated heterocycles. The second-order valence-corrected chi connectivity index (χ2v) is 6.70. The molecular formula is C16H17O4P. The third kappa shape index (κ3) is 4.03. The molecular weight excluding hydrogens is 287 g/mol. The van der Waals surface area contributed by atoms with E-state index in [4.69, 9.17) is 4.52 Å². The Balaban J connectivity index is 2.17. The minimum absolute atomic E-state index is 0.190. The molecule has 0 amide bonds. The van der Waals surface area contributed by atoms with Gasteiger partial charge in [0.25, 0.3) is 0 Å². The summed E-state index contributed by atoms with van der Waals surface area (Å²) < 4.78 is 17.0. The zero-order valence-corrected chi connectivity index (χ0v) is 12.8. The van der Waals surface area contributed by atoms with Crippen molar-refractivity contribution in [1.82, 2.24) is 0 Å². The van der Waals surface area contributed by atoms with E-state index in [1.807, 2.05) is 12.1 Å². The number of hydrogen-bond acceptors (Lipinski definition) is 3. The number of carbonyl (C=O) groups excluding carboxylic acids is 1. The molecule has 110 valence electrons. The van der Waals surface area contributed by atoms with E-state index in [-0.39, 0.29) is 6.16 Å². The molecule has 2 aromatic carbocycles. The Morgan fingerprint density at radius 3 is 2.19 bits per heavy atom. The molecule has 0 aliphatic carbocycles. The van der Waals surface area contributed by atoms with Crippen LogP contribution in [0.25, 0.3) is 0 Å². The third-order valence-electron chi connectivity index (χ3n) is 3.14. The minimum atomic E-state index is -4.03. The molecule has 0 spiro atoms. The molecule has 4 nitrogen and oxygen atoms in total. The van der Waals surface area contributed by atoms with E-state index in [0.717, 1.165) is 11.1 Å². The zero-order valence-electron chi connectivity index (χ0n) is 11.9. The number of benzene rings is 2. The fourth-order valence-corrected chi connectivity index (χ4v) is 3.25. The lowest BCUT2D eigenvalue weighted by Gasteiger charge is -2.14. The molecule has 0 aliphatic rings. The molecule has 5 heteroatoms. The van der Waals surface area contributed by atoms with Crippen LogP contribution < -0.4 is 0 Å². The van der Waals surface area contributed by atoms with Crippen molar-refractivity contribution in [2.75, 3.05) is 0 Å². The Morgan fingerprint density at radius 2 is 1.62 bits per heavy atom. The Bertz CT molecular complexity index is 674. The minimum Gasteiger partial charge on any atom is -0.388 e. The van der Waals surface area contributed by atoms with E-state index >= 15 is 0 Å². The summed E-state index contributed by atoms with van der Waals surface area (Å²) in [6.07, 6.45) is -0.190. The largest absolute Gasteiger partial charge is 0.388 e. The van der Waals surface area contributed by atoms with Crippen LogP contribution in [-0.2, 0) is 15.3 Å². The van der Waals surface area contributed by atoms with Gasteiger partial charge in [0.05, 0.1) is 11.7 Å². The van der Waals surface area contributed by atoms with E-state index in [9.17, 15) is 14.3 Å². The maximum absolute atomic E-state index is 12.1. The van der Waals surface area contributed by atoms with E-state index in [1.165, 1.54) is 0 Å². The lowest BCUT2D eigenvalue weighted by Crippen LogP contribution is -2.08. The van der Waals surface area contributed by atoms with Crippen molar-refractivity contribution < 1.29 is 18.8 Å². The normalized spacial score (nSPS) is 13.5. The predicted molar refractivity (Wildman–Crippen MR) is 81.3 cm³/mol. The molecule has 0 fully saturated rings. The molecule has 0 bridgehead atoms. The van der Waals surface area contributed by atoms with Crippen molar-refractivity contribution in [3.8, 4) is 0 Å². The average molecular weight is 304 g/mol. The van der Waals surface area contributed by atoms with Gasteiger partial charge in [-0.25, -0.2) is 9.36 Å². The summed E-state index contributed by atoms with van der Waals surface area (Å²) in [5, 5.41) is 0. The number of rotatable bonds is 4.